The summed E-state index contributed by atoms with van der Waals surface area (Å²) in [6.45, 7) is 1.38. The molecule has 3 rings (SSSR count). The van der Waals surface area contributed by atoms with E-state index in [0.717, 1.165) is 0 Å². The minimum Gasteiger partial charge on any atom is -0.448 e. The quantitative estimate of drug-likeness (QED) is 0.564. The van der Waals surface area contributed by atoms with Crippen LogP contribution in [0.1, 0.15) is 13.3 Å². The number of sulfonamides is 1. The van der Waals surface area contributed by atoms with E-state index in [9.17, 15) is 22.8 Å². The van der Waals surface area contributed by atoms with Crippen molar-refractivity contribution in [3.8, 4) is 0 Å². The predicted octanol–water partition coefficient (Wildman–Crippen LogP) is 1.03. The largest absolute Gasteiger partial charge is 0.448 e. The maximum Gasteiger partial charge on any atom is 0.356 e. The van der Waals surface area contributed by atoms with Gasteiger partial charge in [0.25, 0.3) is 5.91 Å². The molecule has 0 saturated carbocycles. The first-order valence-corrected chi connectivity index (χ1v) is 10.7. The van der Waals surface area contributed by atoms with Crippen molar-refractivity contribution in [1.29, 1.82) is 0 Å². The number of esters is 1. The second kappa shape index (κ2) is 8.98. The number of carbonyl (C=O) groups is 3. The Balaban J connectivity index is 1.60. The van der Waals surface area contributed by atoms with Gasteiger partial charge < -0.3 is 10.1 Å². The Labute approximate surface area is 178 Å². The van der Waals surface area contributed by atoms with Crippen LogP contribution in [-0.2, 0) is 29.1 Å². The number of nitrogens with one attached hydrogen (secondary N) is 2. The molecule has 2 amide bonds. The normalized spacial score (nSPS) is 14.8. The van der Waals surface area contributed by atoms with Gasteiger partial charge in [-0.2, -0.15) is 0 Å². The van der Waals surface area contributed by atoms with Gasteiger partial charge in [0.1, 0.15) is 5.70 Å². The summed E-state index contributed by atoms with van der Waals surface area (Å²) in [5, 5.41) is 8.77. The Hall–Kier alpha value is -3.70. The lowest BCUT2D eigenvalue weighted by atomic mass is 10.2. The number of carbonyl (C=O) groups excluding carboxylic acids is 3. The molecule has 1 atom stereocenters. The smallest absolute Gasteiger partial charge is 0.356 e. The maximum atomic E-state index is 12.5. The topological polar surface area (TPSA) is 148 Å². The SMILES string of the molecule is C[C@@H](OC(=O)C1=CCC(=O)N(c2ccccc2)N1)C(=O)Nc1ccc(S(N)(=O)=O)cc1. The molecule has 1 aliphatic rings. The number of nitrogens with zero attached hydrogens (tertiary/aromatic N) is 1. The van der Waals surface area contributed by atoms with Crippen LogP contribution in [0.25, 0.3) is 0 Å². The number of nitrogens with two attached hydrogens (primary N) is 1. The maximum absolute atomic E-state index is 12.5. The molecule has 0 radical (unpaired) electrons. The Morgan fingerprint density at radius 3 is 2.39 bits per heavy atom. The van der Waals surface area contributed by atoms with E-state index >= 15 is 0 Å². The predicted molar refractivity (Wildman–Crippen MR) is 112 cm³/mol. The molecule has 0 spiro atoms. The molecule has 0 saturated heterocycles. The minimum atomic E-state index is -3.84. The number of benzene rings is 2. The van der Waals surface area contributed by atoms with Gasteiger partial charge in [-0.3, -0.25) is 15.0 Å². The van der Waals surface area contributed by atoms with E-state index in [-0.39, 0.29) is 22.9 Å². The fourth-order valence-electron chi connectivity index (χ4n) is 2.67. The Kier molecular flexibility index (Phi) is 6.37. The highest BCUT2D eigenvalue weighted by Gasteiger charge is 2.27. The van der Waals surface area contributed by atoms with Crippen LogP contribution in [0.3, 0.4) is 0 Å². The number of hydrogen-bond donors (Lipinski definition) is 3. The average molecular weight is 444 g/mol. The van der Waals surface area contributed by atoms with Crippen LogP contribution in [0, 0.1) is 0 Å². The van der Waals surface area contributed by atoms with E-state index in [1.165, 1.54) is 42.3 Å². The number of rotatable bonds is 6. The number of hydrogen-bond acceptors (Lipinski definition) is 7. The number of amides is 2. The van der Waals surface area contributed by atoms with Crippen molar-refractivity contribution in [1.82, 2.24) is 5.43 Å². The van der Waals surface area contributed by atoms with Crippen molar-refractivity contribution < 1.29 is 27.5 Å². The first-order chi connectivity index (χ1) is 14.6. The molecule has 4 N–H and O–H groups in total. The van der Waals surface area contributed by atoms with E-state index in [1.54, 1.807) is 30.3 Å². The van der Waals surface area contributed by atoms with Crippen molar-refractivity contribution >= 4 is 39.2 Å². The summed E-state index contributed by atoms with van der Waals surface area (Å²) in [5.41, 5.74) is 3.59. The lowest BCUT2D eigenvalue weighted by Gasteiger charge is -2.28. The molecule has 2 aromatic rings. The molecule has 31 heavy (non-hydrogen) atoms. The Morgan fingerprint density at radius 1 is 1.13 bits per heavy atom. The van der Waals surface area contributed by atoms with Crippen molar-refractivity contribution in [2.24, 2.45) is 5.14 Å². The first-order valence-electron chi connectivity index (χ1n) is 9.14. The van der Waals surface area contributed by atoms with E-state index in [4.69, 9.17) is 9.88 Å². The van der Waals surface area contributed by atoms with Crippen LogP contribution in [0.15, 0.2) is 71.3 Å². The average Bonchev–Trinajstić information content (AvgIpc) is 2.74. The summed E-state index contributed by atoms with van der Waals surface area (Å²) in [6, 6.07) is 13.9. The molecule has 0 aliphatic carbocycles. The van der Waals surface area contributed by atoms with Gasteiger partial charge >= 0.3 is 5.97 Å². The number of ether oxygens (including phenoxy) is 1. The van der Waals surface area contributed by atoms with Crippen molar-refractivity contribution in [2.45, 2.75) is 24.3 Å². The second-order valence-corrected chi connectivity index (χ2v) is 8.17. The summed E-state index contributed by atoms with van der Waals surface area (Å²) in [6.07, 6.45) is 0.222. The number of anilines is 2. The molecular weight excluding hydrogens is 424 g/mol. The van der Waals surface area contributed by atoms with Crippen LogP contribution in [0.5, 0.6) is 0 Å². The number of primary sulfonamides is 1. The summed E-state index contributed by atoms with van der Waals surface area (Å²) >= 11 is 0. The third-order valence-electron chi connectivity index (χ3n) is 4.30. The third-order valence-corrected chi connectivity index (χ3v) is 5.23. The third kappa shape index (κ3) is 5.47. The van der Waals surface area contributed by atoms with E-state index in [0.29, 0.717) is 11.4 Å². The fourth-order valence-corrected chi connectivity index (χ4v) is 3.19. The highest BCUT2D eigenvalue weighted by Crippen LogP contribution is 2.18. The summed E-state index contributed by atoms with van der Waals surface area (Å²) in [7, 11) is -3.84. The lowest BCUT2D eigenvalue weighted by molar-refractivity contribution is -0.149. The van der Waals surface area contributed by atoms with E-state index in [1.807, 2.05) is 0 Å². The van der Waals surface area contributed by atoms with Gasteiger partial charge in [-0.1, -0.05) is 18.2 Å². The van der Waals surface area contributed by atoms with E-state index < -0.39 is 28.0 Å². The molecule has 0 unspecified atom stereocenters. The Morgan fingerprint density at radius 2 is 1.77 bits per heavy atom. The van der Waals surface area contributed by atoms with Crippen molar-refractivity contribution in [3.63, 3.8) is 0 Å². The van der Waals surface area contributed by atoms with Crippen LogP contribution < -0.4 is 20.9 Å². The van der Waals surface area contributed by atoms with Crippen molar-refractivity contribution in [2.75, 3.05) is 10.3 Å². The fraction of sp³-hybridized carbons (Fsp3) is 0.150. The number of para-hydroxylation sites is 1. The molecule has 2 aromatic carbocycles. The monoisotopic (exact) mass is 444 g/mol. The van der Waals surface area contributed by atoms with Gasteiger partial charge in [-0.15, -0.1) is 0 Å². The van der Waals surface area contributed by atoms with E-state index in [2.05, 4.69) is 10.7 Å². The molecule has 0 aromatic heterocycles. The standard InChI is InChI=1S/C20H20N4O6S/c1-13(19(26)22-14-7-9-16(10-8-14)31(21,28)29)30-20(27)17-11-12-18(25)24(23-17)15-5-3-2-4-6-15/h2-11,13,23H,12H2,1H3,(H,22,26)(H2,21,28,29)/t13-/m1/s1. The highest BCUT2D eigenvalue weighted by molar-refractivity contribution is 7.89. The molecule has 10 nitrogen and oxygen atoms in total. The molecule has 162 valence electrons. The van der Waals surface area contributed by atoms with Gasteiger partial charge in [0.2, 0.25) is 15.9 Å². The molecule has 0 fully saturated rings. The summed E-state index contributed by atoms with van der Waals surface area (Å²) in [4.78, 5) is 36.8. The van der Waals surface area contributed by atoms with Gasteiger partial charge in [-0.25, -0.2) is 23.4 Å². The lowest BCUT2D eigenvalue weighted by Crippen LogP contribution is -2.47. The zero-order valence-corrected chi connectivity index (χ0v) is 17.3. The van der Waals surface area contributed by atoms with Crippen LogP contribution in [0.4, 0.5) is 11.4 Å². The van der Waals surface area contributed by atoms with Crippen LogP contribution >= 0.6 is 0 Å². The van der Waals surface area contributed by atoms with Gasteiger partial charge in [0.15, 0.2) is 6.10 Å². The zero-order chi connectivity index (χ0) is 22.6. The summed E-state index contributed by atoms with van der Waals surface area (Å²) in [5.74, 6) is -1.68. The second-order valence-electron chi connectivity index (χ2n) is 6.60. The van der Waals surface area contributed by atoms with Gasteiger partial charge in [-0.05, 0) is 49.4 Å². The molecular formula is C20H20N4O6S. The molecule has 1 aliphatic heterocycles. The minimum absolute atomic E-state index is 0.0106. The number of hydrazine groups is 1. The highest BCUT2D eigenvalue weighted by atomic mass is 32.2. The van der Waals surface area contributed by atoms with Crippen molar-refractivity contribution in [3.05, 3.63) is 66.4 Å². The zero-order valence-electron chi connectivity index (χ0n) is 16.4. The Bertz CT molecular complexity index is 1130. The molecule has 11 heteroatoms. The molecule has 1 heterocycles. The first kappa shape index (κ1) is 22.0. The van der Waals surface area contributed by atoms with Crippen LogP contribution in [0.2, 0.25) is 0 Å². The van der Waals surface area contributed by atoms with Gasteiger partial charge in [0, 0.05) is 12.1 Å². The molecule has 0 bridgehead atoms. The summed E-state index contributed by atoms with van der Waals surface area (Å²) < 4.78 is 27.7. The van der Waals surface area contributed by atoms with Gasteiger partial charge in [0.05, 0.1) is 10.6 Å². The van der Waals surface area contributed by atoms with Crippen LogP contribution in [-0.4, -0.2) is 32.3 Å².